The van der Waals surface area contributed by atoms with Crippen molar-refractivity contribution < 1.29 is 4.79 Å². The van der Waals surface area contributed by atoms with E-state index in [1.807, 2.05) is 55.5 Å². The quantitative estimate of drug-likeness (QED) is 0.471. The molecule has 2 heterocycles. The largest absolute Gasteiger partial charge is 0.338 e. The summed E-state index contributed by atoms with van der Waals surface area (Å²) in [5.41, 5.74) is 3.10. The summed E-state index contributed by atoms with van der Waals surface area (Å²) in [5, 5.41) is 12.4. The summed E-state index contributed by atoms with van der Waals surface area (Å²) in [6.07, 6.45) is 0. The van der Waals surface area contributed by atoms with Crippen LogP contribution in [0.4, 0.5) is 5.69 Å². The number of thioether (sulfide) groups is 1. The number of H-pyrrole nitrogens is 1. The maximum atomic E-state index is 12.4. The number of para-hydroxylation sites is 2. The number of amides is 1. The molecule has 2 N–H and O–H groups in total. The molecule has 4 rings (SSSR count). The number of halogens is 1. The molecule has 1 atom stereocenters. The number of anilines is 1. The molecule has 2 aromatic carbocycles. The van der Waals surface area contributed by atoms with Crippen molar-refractivity contribution in [3.05, 3.63) is 53.0 Å². The molecule has 26 heavy (non-hydrogen) atoms. The van der Waals surface area contributed by atoms with Gasteiger partial charge in [-0.3, -0.25) is 4.79 Å². The molecule has 0 saturated heterocycles. The van der Waals surface area contributed by atoms with Gasteiger partial charge in [-0.05, 0) is 41.1 Å². The monoisotopic (exact) mass is 427 g/mol. The molecule has 1 unspecified atom stereocenters. The Labute approximate surface area is 161 Å². The van der Waals surface area contributed by atoms with Crippen LogP contribution in [0.1, 0.15) is 6.92 Å². The number of hydrogen-bond acceptors (Lipinski definition) is 5. The lowest BCUT2D eigenvalue weighted by atomic mass is 10.2. The second-order valence-corrected chi connectivity index (χ2v) is 7.85. The van der Waals surface area contributed by atoms with E-state index >= 15 is 0 Å². The van der Waals surface area contributed by atoms with Crippen LogP contribution in [0, 0.1) is 0 Å². The van der Waals surface area contributed by atoms with Crippen molar-refractivity contribution in [1.82, 2.24) is 20.2 Å². The van der Waals surface area contributed by atoms with Crippen LogP contribution in [0.25, 0.3) is 22.1 Å². The van der Waals surface area contributed by atoms with Gasteiger partial charge in [0.1, 0.15) is 5.52 Å². The number of fused-ring (bicyclic) bond motifs is 3. The minimum atomic E-state index is -0.370. The van der Waals surface area contributed by atoms with Crippen LogP contribution < -0.4 is 5.32 Å². The molecular weight excluding hydrogens is 414 g/mol. The molecule has 8 heteroatoms. The van der Waals surface area contributed by atoms with E-state index in [1.54, 1.807) is 0 Å². The van der Waals surface area contributed by atoms with Crippen LogP contribution >= 0.6 is 27.7 Å². The Bertz CT molecular complexity index is 1110. The Morgan fingerprint density at radius 2 is 1.92 bits per heavy atom. The molecule has 0 bridgehead atoms. The summed E-state index contributed by atoms with van der Waals surface area (Å²) in [6.45, 7) is 1.82. The first-order chi connectivity index (χ1) is 12.6. The van der Waals surface area contributed by atoms with E-state index in [9.17, 15) is 4.79 Å². The van der Waals surface area contributed by atoms with Crippen molar-refractivity contribution >= 4 is 61.4 Å². The molecular formula is C18H14BrN5OS. The highest BCUT2D eigenvalue weighted by Gasteiger charge is 2.18. The van der Waals surface area contributed by atoms with E-state index < -0.39 is 0 Å². The number of aromatic amines is 1. The number of aromatic nitrogens is 4. The van der Waals surface area contributed by atoms with Gasteiger partial charge in [0.25, 0.3) is 0 Å². The number of carbonyl (C=O) groups is 1. The summed E-state index contributed by atoms with van der Waals surface area (Å²) in [6, 6.07) is 15.3. The Hall–Kier alpha value is -2.45. The van der Waals surface area contributed by atoms with E-state index in [2.05, 4.69) is 41.4 Å². The van der Waals surface area contributed by atoms with Crippen molar-refractivity contribution in [3.8, 4) is 0 Å². The molecule has 2 aromatic heterocycles. The van der Waals surface area contributed by atoms with Crippen LogP contribution in [-0.2, 0) is 4.79 Å². The lowest BCUT2D eigenvalue weighted by Crippen LogP contribution is -2.22. The van der Waals surface area contributed by atoms with Crippen molar-refractivity contribution in [2.45, 2.75) is 17.3 Å². The van der Waals surface area contributed by atoms with Gasteiger partial charge in [-0.15, -0.1) is 10.2 Å². The number of carbonyl (C=O) groups excluding carboxylic acids is 1. The molecule has 6 nitrogen and oxygen atoms in total. The van der Waals surface area contributed by atoms with Crippen molar-refractivity contribution in [3.63, 3.8) is 0 Å². The molecule has 0 spiro atoms. The predicted molar refractivity (Wildman–Crippen MR) is 107 cm³/mol. The van der Waals surface area contributed by atoms with Crippen LogP contribution in [0.3, 0.4) is 0 Å². The first-order valence-electron chi connectivity index (χ1n) is 7.95. The maximum absolute atomic E-state index is 12.4. The molecule has 0 radical (unpaired) electrons. The van der Waals surface area contributed by atoms with Crippen LogP contribution in [0.5, 0.6) is 0 Å². The van der Waals surface area contributed by atoms with Gasteiger partial charge in [0.05, 0.1) is 10.9 Å². The molecule has 4 aromatic rings. The lowest BCUT2D eigenvalue weighted by molar-refractivity contribution is -0.115. The van der Waals surface area contributed by atoms with Gasteiger partial charge < -0.3 is 10.3 Å². The van der Waals surface area contributed by atoms with Crippen molar-refractivity contribution in [2.75, 3.05) is 5.32 Å². The number of benzene rings is 2. The first-order valence-corrected chi connectivity index (χ1v) is 9.62. The zero-order valence-electron chi connectivity index (χ0n) is 13.7. The van der Waals surface area contributed by atoms with Crippen LogP contribution in [0.15, 0.2) is 58.2 Å². The van der Waals surface area contributed by atoms with E-state index in [4.69, 9.17) is 0 Å². The van der Waals surface area contributed by atoms with Gasteiger partial charge in [0, 0.05) is 15.4 Å². The van der Waals surface area contributed by atoms with Gasteiger partial charge in [-0.2, -0.15) is 0 Å². The van der Waals surface area contributed by atoms with Gasteiger partial charge in [-0.25, -0.2) is 4.98 Å². The Kier molecular flexibility index (Phi) is 4.60. The Morgan fingerprint density at radius 3 is 2.77 bits per heavy atom. The molecule has 0 fully saturated rings. The predicted octanol–water partition coefficient (Wildman–Crippen LogP) is 4.39. The Morgan fingerprint density at radius 1 is 1.15 bits per heavy atom. The number of nitrogens with zero attached hydrogens (tertiary/aromatic N) is 3. The SMILES string of the molecule is CC(Sc1nnc2c(n1)[nH]c1ccccc12)C(=O)Nc1ccccc1Br. The van der Waals surface area contributed by atoms with Gasteiger partial charge in [-0.1, -0.05) is 42.1 Å². The minimum Gasteiger partial charge on any atom is -0.338 e. The zero-order valence-corrected chi connectivity index (χ0v) is 16.1. The van der Waals surface area contributed by atoms with E-state index in [1.165, 1.54) is 11.8 Å². The summed E-state index contributed by atoms with van der Waals surface area (Å²) < 4.78 is 0.836. The van der Waals surface area contributed by atoms with E-state index in [-0.39, 0.29) is 11.2 Å². The highest BCUT2D eigenvalue weighted by molar-refractivity contribution is 9.10. The maximum Gasteiger partial charge on any atom is 0.237 e. The average Bonchev–Trinajstić information content (AvgIpc) is 3.01. The highest BCUT2D eigenvalue weighted by atomic mass is 79.9. The number of rotatable bonds is 4. The fraction of sp³-hybridized carbons (Fsp3) is 0.111. The van der Waals surface area contributed by atoms with Crippen molar-refractivity contribution in [2.24, 2.45) is 0 Å². The van der Waals surface area contributed by atoms with E-state index in [0.29, 0.717) is 10.8 Å². The molecule has 0 aliphatic rings. The van der Waals surface area contributed by atoms with E-state index in [0.717, 1.165) is 26.6 Å². The molecule has 1 amide bonds. The first kappa shape index (κ1) is 17.0. The standard InChI is InChI=1S/C18H14BrN5OS/c1-10(17(25)21-14-9-5-3-7-12(14)19)26-18-22-16-15(23-24-18)11-6-2-4-8-13(11)20-16/h2-10H,1H3,(H,21,25)(H,20,22,24). The third-order valence-electron chi connectivity index (χ3n) is 3.89. The van der Waals surface area contributed by atoms with Gasteiger partial charge >= 0.3 is 0 Å². The fourth-order valence-corrected chi connectivity index (χ4v) is 3.66. The second-order valence-electron chi connectivity index (χ2n) is 5.69. The lowest BCUT2D eigenvalue weighted by Gasteiger charge is -2.11. The van der Waals surface area contributed by atoms with Crippen LogP contribution in [-0.4, -0.2) is 31.3 Å². The molecule has 130 valence electrons. The zero-order chi connectivity index (χ0) is 18.1. The highest BCUT2D eigenvalue weighted by Crippen LogP contribution is 2.26. The average molecular weight is 428 g/mol. The second kappa shape index (κ2) is 7.05. The molecule has 0 aliphatic carbocycles. The summed E-state index contributed by atoms with van der Waals surface area (Å²) in [5.74, 6) is -0.123. The third kappa shape index (κ3) is 3.30. The normalized spacial score (nSPS) is 12.4. The summed E-state index contributed by atoms with van der Waals surface area (Å²) >= 11 is 4.69. The van der Waals surface area contributed by atoms with Crippen molar-refractivity contribution in [1.29, 1.82) is 0 Å². The third-order valence-corrected chi connectivity index (χ3v) is 5.53. The smallest absolute Gasteiger partial charge is 0.237 e. The molecule has 0 aliphatic heterocycles. The number of hydrogen-bond donors (Lipinski definition) is 2. The fourth-order valence-electron chi connectivity index (χ4n) is 2.56. The number of nitrogens with one attached hydrogen (secondary N) is 2. The molecule has 0 saturated carbocycles. The topological polar surface area (TPSA) is 83.6 Å². The van der Waals surface area contributed by atoms with Crippen LogP contribution in [0.2, 0.25) is 0 Å². The minimum absolute atomic E-state index is 0.123. The summed E-state index contributed by atoms with van der Waals surface area (Å²) in [7, 11) is 0. The van der Waals surface area contributed by atoms with Gasteiger partial charge in [0.2, 0.25) is 11.1 Å². The van der Waals surface area contributed by atoms with Gasteiger partial charge in [0.15, 0.2) is 5.65 Å². The Balaban J connectivity index is 1.53. The summed E-state index contributed by atoms with van der Waals surface area (Å²) in [4.78, 5) is 20.2.